The first-order valence-electron chi connectivity index (χ1n) is 7.76. The molecule has 5 atom stereocenters. The number of nitriles is 3. The molecule has 1 aliphatic carbocycles. The standard InChI is InChI=1S/C17H18N4O2/c1-11-15(2)22-13(12-6-4-3-5-7-12)16(8-18,9-19)17(11,10-20)14(21)23-15/h3-4,11-13,21H,5-7H2,1-2H3. The van der Waals surface area contributed by atoms with Crippen molar-refractivity contribution in [1.29, 1.82) is 21.2 Å². The molecule has 3 rings (SSSR count). The fraction of sp³-hybridized carbons (Fsp3) is 0.647. The summed E-state index contributed by atoms with van der Waals surface area (Å²) in [5.74, 6) is -2.11. The van der Waals surface area contributed by atoms with Gasteiger partial charge < -0.3 is 9.47 Å². The van der Waals surface area contributed by atoms with Crippen LogP contribution in [0.25, 0.3) is 0 Å². The average Bonchev–Trinajstić information content (AvgIpc) is 2.71. The number of nitrogens with one attached hydrogen (secondary N) is 1. The smallest absolute Gasteiger partial charge is 0.214 e. The fourth-order valence-electron chi connectivity index (χ4n) is 4.28. The second kappa shape index (κ2) is 4.82. The number of nitrogens with zero attached hydrogens (tertiary/aromatic N) is 3. The van der Waals surface area contributed by atoms with Gasteiger partial charge in [-0.25, -0.2) is 0 Å². The topological polar surface area (TPSA) is 114 Å². The second-order valence-corrected chi connectivity index (χ2v) is 6.70. The van der Waals surface area contributed by atoms with Crippen molar-refractivity contribution in [2.75, 3.05) is 0 Å². The summed E-state index contributed by atoms with van der Waals surface area (Å²) in [5, 5.41) is 37.9. The van der Waals surface area contributed by atoms with E-state index in [9.17, 15) is 15.8 Å². The van der Waals surface area contributed by atoms with Gasteiger partial charge in [0.05, 0.1) is 30.2 Å². The van der Waals surface area contributed by atoms with Crippen LogP contribution in [0.5, 0.6) is 0 Å². The molecule has 3 aliphatic rings. The third-order valence-corrected chi connectivity index (χ3v) is 5.78. The molecule has 6 nitrogen and oxygen atoms in total. The van der Waals surface area contributed by atoms with E-state index in [0.29, 0.717) is 6.42 Å². The lowest BCUT2D eigenvalue weighted by molar-refractivity contribution is -0.277. The van der Waals surface area contributed by atoms with Crippen molar-refractivity contribution < 1.29 is 9.47 Å². The van der Waals surface area contributed by atoms with Crippen LogP contribution in [0.15, 0.2) is 12.2 Å². The van der Waals surface area contributed by atoms with Gasteiger partial charge in [-0.05, 0) is 25.2 Å². The quantitative estimate of drug-likeness (QED) is 0.748. The molecule has 0 aromatic heterocycles. The summed E-state index contributed by atoms with van der Waals surface area (Å²) in [6.07, 6.45) is 5.65. The molecule has 0 aromatic carbocycles. The first-order chi connectivity index (χ1) is 10.9. The average molecular weight is 310 g/mol. The highest BCUT2D eigenvalue weighted by Gasteiger charge is 2.78. The van der Waals surface area contributed by atoms with Gasteiger partial charge in [0.15, 0.2) is 10.8 Å². The van der Waals surface area contributed by atoms with Gasteiger partial charge in [0.2, 0.25) is 11.7 Å². The molecule has 0 amide bonds. The van der Waals surface area contributed by atoms with E-state index in [1.807, 2.05) is 6.08 Å². The molecular formula is C17H18N4O2. The number of rotatable bonds is 1. The van der Waals surface area contributed by atoms with Gasteiger partial charge in [-0.15, -0.1) is 0 Å². The minimum absolute atomic E-state index is 0.0478. The summed E-state index contributed by atoms with van der Waals surface area (Å²) in [7, 11) is 0. The fourth-order valence-corrected chi connectivity index (χ4v) is 4.28. The van der Waals surface area contributed by atoms with Crippen LogP contribution in [0.3, 0.4) is 0 Å². The zero-order chi connectivity index (χ0) is 16.9. The van der Waals surface area contributed by atoms with Crippen molar-refractivity contribution in [1.82, 2.24) is 0 Å². The highest BCUT2D eigenvalue weighted by Crippen LogP contribution is 2.63. The lowest BCUT2D eigenvalue weighted by Crippen LogP contribution is -2.63. The normalized spacial score (nSPS) is 43.8. The van der Waals surface area contributed by atoms with Crippen LogP contribution in [0, 0.1) is 62.1 Å². The first-order valence-corrected chi connectivity index (χ1v) is 7.76. The van der Waals surface area contributed by atoms with Crippen LogP contribution in [0.2, 0.25) is 0 Å². The first kappa shape index (κ1) is 15.5. The summed E-state index contributed by atoms with van der Waals surface area (Å²) in [5.41, 5.74) is -3.35. The van der Waals surface area contributed by atoms with E-state index in [1.165, 1.54) is 0 Å². The number of allylic oxidation sites excluding steroid dienone is 2. The third-order valence-electron chi connectivity index (χ3n) is 5.78. The summed E-state index contributed by atoms with van der Waals surface area (Å²) in [6.45, 7) is 3.40. The lowest BCUT2D eigenvalue weighted by Gasteiger charge is -2.50. The molecule has 0 spiro atoms. The van der Waals surface area contributed by atoms with Crippen LogP contribution in [-0.2, 0) is 9.47 Å². The van der Waals surface area contributed by atoms with E-state index in [0.717, 1.165) is 12.8 Å². The van der Waals surface area contributed by atoms with Crippen LogP contribution in [0.4, 0.5) is 0 Å². The van der Waals surface area contributed by atoms with E-state index in [2.05, 4.69) is 24.3 Å². The third kappa shape index (κ3) is 1.61. The van der Waals surface area contributed by atoms with E-state index in [-0.39, 0.29) is 11.8 Å². The Morgan fingerprint density at radius 2 is 1.91 bits per heavy atom. The molecule has 2 heterocycles. The van der Waals surface area contributed by atoms with Gasteiger partial charge in [-0.2, -0.15) is 15.8 Å². The summed E-state index contributed by atoms with van der Waals surface area (Å²) in [4.78, 5) is 0. The maximum absolute atomic E-state index is 9.90. The molecule has 0 saturated carbocycles. The zero-order valence-electron chi connectivity index (χ0n) is 13.2. The summed E-state index contributed by atoms with van der Waals surface area (Å²) in [6, 6.07) is 6.22. The van der Waals surface area contributed by atoms with E-state index >= 15 is 0 Å². The largest absolute Gasteiger partial charge is 0.448 e. The zero-order valence-corrected chi connectivity index (χ0v) is 13.2. The Morgan fingerprint density at radius 3 is 2.43 bits per heavy atom. The minimum atomic E-state index is -1.75. The predicted octanol–water partition coefficient (Wildman–Crippen LogP) is 2.64. The Labute approximate surface area is 135 Å². The molecule has 0 radical (unpaired) electrons. The van der Waals surface area contributed by atoms with Gasteiger partial charge in [-0.1, -0.05) is 19.1 Å². The Hall–Kier alpha value is -2.36. The molecule has 2 bridgehead atoms. The molecule has 2 fully saturated rings. The Balaban J connectivity index is 2.22. The molecule has 23 heavy (non-hydrogen) atoms. The lowest BCUT2D eigenvalue weighted by atomic mass is 9.52. The van der Waals surface area contributed by atoms with Crippen LogP contribution < -0.4 is 0 Å². The number of fused-ring (bicyclic) bond motifs is 2. The van der Waals surface area contributed by atoms with E-state index < -0.39 is 28.6 Å². The highest BCUT2D eigenvalue weighted by molar-refractivity contribution is 5.89. The van der Waals surface area contributed by atoms with Crippen LogP contribution >= 0.6 is 0 Å². The van der Waals surface area contributed by atoms with Crippen molar-refractivity contribution >= 4 is 5.90 Å². The van der Waals surface area contributed by atoms with Crippen molar-refractivity contribution in [3.8, 4) is 18.2 Å². The van der Waals surface area contributed by atoms with Crippen molar-refractivity contribution in [3.05, 3.63) is 12.2 Å². The molecule has 6 heteroatoms. The van der Waals surface area contributed by atoms with Gasteiger partial charge >= 0.3 is 0 Å². The Morgan fingerprint density at radius 1 is 1.22 bits per heavy atom. The molecule has 2 saturated heterocycles. The SMILES string of the molecule is CC1C2(C)OC(=N)C1(C#N)C(C#N)(C#N)C(C1CC=CCC1)O2. The maximum atomic E-state index is 9.90. The van der Waals surface area contributed by atoms with Gasteiger partial charge in [0, 0.05) is 6.92 Å². The molecule has 2 aliphatic heterocycles. The van der Waals surface area contributed by atoms with Gasteiger partial charge in [0.1, 0.15) is 0 Å². The van der Waals surface area contributed by atoms with Crippen molar-refractivity contribution in [2.24, 2.45) is 22.7 Å². The Bertz CT molecular complexity index is 696. The molecule has 5 unspecified atom stereocenters. The number of ether oxygens (including phenoxy) is 2. The minimum Gasteiger partial charge on any atom is -0.448 e. The van der Waals surface area contributed by atoms with Gasteiger partial charge in [0.25, 0.3) is 0 Å². The highest BCUT2D eigenvalue weighted by atomic mass is 16.7. The van der Waals surface area contributed by atoms with Crippen molar-refractivity contribution in [2.45, 2.75) is 45.0 Å². The Kier molecular flexibility index (Phi) is 3.25. The van der Waals surface area contributed by atoms with Crippen molar-refractivity contribution in [3.63, 3.8) is 0 Å². The molecule has 1 N–H and O–H groups in total. The van der Waals surface area contributed by atoms with E-state index in [4.69, 9.17) is 14.9 Å². The molecular weight excluding hydrogens is 292 g/mol. The maximum Gasteiger partial charge on any atom is 0.214 e. The molecule has 0 aromatic rings. The summed E-state index contributed by atoms with van der Waals surface area (Å²) >= 11 is 0. The monoisotopic (exact) mass is 310 g/mol. The van der Waals surface area contributed by atoms with Crippen LogP contribution in [-0.4, -0.2) is 17.8 Å². The number of hydrogen-bond acceptors (Lipinski definition) is 6. The predicted molar refractivity (Wildman–Crippen MR) is 79.4 cm³/mol. The second-order valence-electron chi connectivity index (χ2n) is 6.70. The van der Waals surface area contributed by atoms with E-state index in [1.54, 1.807) is 13.8 Å². The number of hydrogen-bond donors (Lipinski definition) is 1. The molecule has 118 valence electrons. The van der Waals surface area contributed by atoms with Crippen LogP contribution in [0.1, 0.15) is 33.1 Å². The summed E-state index contributed by atoms with van der Waals surface area (Å²) < 4.78 is 11.7. The van der Waals surface area contributed by atoms with Gasteiger partial charge in [-0.3, -0.25) is 5.41 Å².